The molecule has 4 N–H and O–H groups in total. The lowest BCUT2D eigenvalue weighted by Gasteiger charge is -2.07. The van der Waals surface area contributed by atoms with Crippen LogP contribution in [0, 0.1) is 0 Å². The molecule has 0 bridgehead atoms. The van der Waals surface area contributed by atoms with Gasteiger partial charge >= 0.3 is 0 Å². The summed E-state index contributed by atoms with van der Waals surface area (Å²) in [5.74, 6) is 0. The van der Waals surface area contributed by atoms with Crippen molar-refractivity contribution in [3.63, 3.8) is 0 Å². The van der Waals surface area contributed by atoms with E-state index in [1.54, 1.807) is 23.7 Å². The highest BCUT2D eigenvalue weighted by atomic mass is 32.2. The van der Waals surface area contributed by atoms with Gasteiger partial charge in [0.2, 0.25) is 10.0 Å². The Morgan fingerprint density at radius 1 is 1.31 bits per heavy atom. The van der Waals surface area contributed by atoms with Crippen LogP contribution >= 0.6 is 11.3 Å². The van der Waals surface area contributed by atoms with Gasteiger partial charge < -0.3 is 5.73 Å². The first-order chi connectivity index (χ1) is 7.50. The van der Waals surface area contributed by atoms with E-state index in [0.717, 1.165) is 0 Å². The third kappa shape index (κ3) is 1.92. The van der Waals surface area contributed by atoms with Crippen molar-refractivity contribution >= 4 is 27.0 Å². The van der Waals surface area contributed by atoms with Crippen LogP contribution in [0.1, 0.15) is 0 Å². The van der Waals surface area contributed by atoms with Gasteiger partial charge in [-0.15, -0.1) is 11.3 Å². The van der Waals surface area contributed by atoms with Crippen molar-refractivity contribution in [3.05, 3.63) is 29.8 Å². The molecule has 1 aromatic heterocycles. The molecule has 0 amide bonds. The third-order valence-electron chi connectivity index (χ3n) is 1.99. The summed E-state index contributed by atoms with van der Waals surface area (Å²) in [6.07, 6.45) is 1.59. The number of hydrogen-bond acceptors (Lipinski definition) is 5. The Hall–Kier alpha value is -1.44. The van der Waals surface area contributed by atoms with Gasteiger partial charge in [-0.05, 0) is 6.07 Å². The molecule has 2 aromatic rings. The first kappa shape index (κ1) is 11.1. The normalized spacial score (nSPS) is 11.6. The van der Waals surface area contributed by atoms with Crippen LogP contribution in [0.5, 0.6) is 0 Å². The first-order valence-corrected chi connectivity index (χ1v) is 6.74. The van der Waals surface area contributed by atoms with E-state index in [-0.39, 0.29) is 10.6 Å². The van der Waals surface area contributed by atoms with Crippen molar-refractivity contribution in [1.82, 2.24) is 4.98 Å². The molecule has 0 aliphatic carbocycles. The Labute approximate surface area is 96.8 Å². The number of rotatable bonds is 2. The number of anilines is 1. The van der Waals surface area contributed by atoms with Crippen LogP contribution in [0.15, 0.2) is 34.7 Å². The average Bonchev–Trinajstić information content (AvgIpc) is 2.67. The molecule has 0 radical (unpaired) electrons. The van der Waals surface area contributed by atoms with E-state index in [1.807, 2.05) is 0 Å². The van der Waals surface area contributed by atoms with E-state index in [1.165, 1.54) is 17.4 Å². The van der Waals surface area contributed by atoms with Crippen LogP contribution in [0.4, 0.5) is 5.69 Å². The van der Waals surface area contributed by atoms with Gasteiger partial charge in [-0.1, -0.05) is 12.1 Å². The lowest BCUT2D eigenvalue weighted by atomic mass is 10.2. The lowest BCUT2D eigenvalue weighted by molar-refractivity contribution is 0.598. The van der Waals surface area contributed by atoms with Crippen LogP contribution in [0.3, 0.4) is 0 Å². The molecule has 0 atom stereocenters. The number of aromatic nitrogens is 1. The molecule has 7 heteroatoms. The van der Waals surface area contributed by atoms with E-state index in [2.05, 4.69) is 4.98 Å². The summed E-state index contributed by atoms with van der Waals surface area (Å²) in [5.41, 5.74) is 6.21. The largest absolute Gasteiger partial charge is 0.398 e. The summed E-state index contributed by atoms with van der Waals surface area (Å²) in [6, 6.07) is 4.80. The molecule has 1 heterocycles. The van der Waals surface area contributed by atoms with E-state index in [4.69, 9.17) is 10.9 Å². The van der Waals surface area contributed by atoms with Gasteiger partial charge in [-0.25, -0.2) is 18.5 Å². The van der Waals surface area contributed by atoms with E-state index >= 15 is 0 Å². The molecule has 1 aromatic carbocycles. The summed E-state index contributed by atoms with van der Waals surface area (Å²) < 4.78 is 22.9. The van der Waals surface area contributed by atoms with Crippen molar-refractivity contribution in [2.24, 2.45) is 5.14 Å². The third-order valence-corrected chi connectivity index (χ3v) is 3.82. The topological polar surface area (TPSA) is 99.1 Å². The highest BCUT2D eigenvalue weighted by molar-refractivity contribution is 7.89. The maximum absolute atomic E-state index is 11.4. The molecule has 0 spiro atoms. The maximum atomic E-state index is 11.4. The van der Waals surface area contributed by atoms with E-state index in [9.17, 15) is 8.42 Å². The Morgan fingerprint density at radius 3 is 2.62 bits per heavy atom. The Kier molecular flexibility index (Phi) is 2.66. The standard InChI is InChI=1S/C9H9N3O2S2/c10-7-3-1-2-6(8(7)16(11,13)14)9-12-4-5-15-9/h1-5H,10H2,(H2,11,13,14). The van der Waals surface area contributed by atoms with Gasteiger partial charge in [0.15, 0.2) is 0 Å². The number of nitrogen functional groups attached to an aromatic ring is 1. The number of benzene rings is 1. The van der Waals surface area contributed by atoms with Crippen LogP contribution < -0.4 is 10.9 Å². The predicted molar refractivity (Wildman–Crippen MR) is 63.3 cm³/mol. The summed E-state index contributed by atoms with van der Waals surface area (Å²) in [5, 5.41) is 7.47. The molecular weight excluding hydrogens is 246 g/mol. The number of nitrogens with two attached hydrogens (primary N) is 2. The molecule has 0 aliphatic heterocycles. The number of nitrogens with zero attached hydrogens (tertiary/aromatic N) is 1. The number of sulfonamides is 1. The molecular formula is C9H9N3O2S2. The lowest BCUT2D eigenvalue weighted by Crippen LogP contribution is -2.15. The maximum Gasteiger partial charge on any atom is 0.240 e. The SMILES string of the molecule is Nc1cccc(-c2nccs2)c1S(N)(=O)=O. The minimum Gasteiger partial charge on any atom is -0.398 e. The van der Waals surface area contributed by atoms with Gasteiger partial charge in [-0.3, -0.25) is 0 Å². The summed E-state index contributed by atoms with van der Waals surface area (Å²) >= 11 is 1.33. The number of hydrogen-bond donors (Lipinski definition) is 2. The van der Waals surface area contributed by atoms with Crippen LogP contribution in [0.25, 0.3) is 10.6 Å². The minimum absolute atomic E-state index is 0.0649. The molecule has 0 fully saturated rings. The van der Waals surface area contributed by atoms with Crippen molar-refractivity contribution in [2.75, 3.05) is 5.73 Å². The highest BCUT2D eigenvalue weighted by Crippen LogP contribution is 2.31. The van der Waals surface area contributed by atoms with Crippen molar-refractivity contribution in [1.29, 1.82) is 0 Å². The van der Waals surface area contributed by atoms with Gasteiger partial charge in [0.1, 0.15) is 9.90 Å². The van der Waals surface area contributed by atoms with Crippen molar-refractivity contribution in [2.45, 2.75) is 4.90 Å². The van der Waals surface area contributed by atoms with Crippen molar-refractivity contribution in [3.8, 4) is 10.6 Å². The highest BCUT2D eigenvalue weighted by Gasteiger charge is 2.19. The Bertz CT molecular complexity index is 606. The van der Waals surface area contributed by atoms with E-state index < -0.39 is 10.0 Å². The summed E-state index contributed by atoms with van der Waals surface area (Å²) in [6.45, 7) is 0. The molecule has 5 nitrogen and oxygen atoms in total. The van der Waals surface area contributed by atoms with Gasteiger partial charge in [-0.2, -0.15) is 0 Å². The molecule has 0 saturated heterocycles. The summed E-state index contributed by atoms with van der Waals surface area (Å²) in [4.78, 5) is 3.98. The quantitative estimate of drug-likeness (QED) is 0.783. The van der Waals surface area contributed by atoms with Gasteiger partial charge in [0.25, 0.3) is 0 Å². The molecule has 0 unspecified atom stereocenters. The molecule has 16 heavy (non-hydrogen) atoms. The fraction of sp³-hybridized carbons (Fsp3) is 0. The Morgan fingerprint density at radius 2 is 2.06 bits per heavy atom. The van der Waals surface area contributed by atoms with Crippen LogP contribution in [-0.2, 0) is 10.0 Å². The smallest absolute Gasteiger partial charge is 0.240 e. The Balaban J connectivity index is 2.77. The monoisotopic (exact) mass is 255 g/mol. The second kappa shape index (κ2) is 3.85. The zero-order chi connectivity index (χ0) is 11.8. The zero-order valence-electron chi connectivity index (χ0n) is 8.12. The molecule has 84 valence electrons. The molecule has 0 aliphatic rings. The minimum atomic E-state index is -3.85. The first-order valence-electron chi connectivity index (χ1n) is 4.31. The van der Waals surface area contributed by atoms with Gasteiger partial charge in [0, 0.05) is 17.1 Å². The fourth-order valence-corrected chi connectivity index (χ4v) is 3.00. The predicted octanol–water partition coefficient (Wildman–Crippen LogP) is 1.04. The summed E-state index contributed by atoms with van der Waals surface area (Å²) in [7, 11) is -3.85. The average molecular weight is 255 g/mol. The number of thiazole rings is 1. The van der Waals surface area contributed by atoms with E-state index in [0.29, 0.717) is 10.6 Å². The molecule has 0 saturated carbocycles. The van der Waals surface area contributed by atoms with Crippen LogP contribution in [-0.4, -0.2) is 13.4 Å². The van der Waals surface area contributed by atoms with Crippen LogP contribution in [0.2, 0.25) is 0 Å². The van der Waals surface area contributed by atoms with Crippen molar-refractivity contribution < 1.29 is 8.42 Å². The van der Waals surface area contributed by atoms with Gasteiger partial charge in [0.05, 0.1) is 5.69 Å². The molecule has 2 rings (SSSR count). The second-order valence-corrected chi connectivity index (χ2v) is 5.50. The number of primary sulfonamides is 1. The second-order valence-electron chi connectivity index (χ2n) is 3.11. The zero-order valence-corrected chi connectivity index (χ0v) is 9.75. The fourth-order valence-electron chi connectivity index (χ4n) is 1.40.